The maximum absolute atomic E-state index is 12.7. The van der Waals surface area contributed by atoms with Crippen LogP contribution >= 0.6 is 0 Å². The number of rotatable bonds is 2. The lowest BCUT2D eigenvalue weighted by Gasteiger charge is -2.30. The molecule has 3 aliphatic rings. The molecule has 1 amide bonds. The third-order valence-corrected chi connectivity index (χ3v) is 4.95. The maximum atomic E-state index is 12.7. The van der Waals surface area contributed by atoms with Gasteiger partial charge in [0.05, 0.1) is 11.8 Å². The number of allylic oxidation sites excluding steroid dienone is 2. The number of likely N-dealkylation sites (tertiary alicyclic amines) is 1. The predicted octanol–water partition coefficient (Wildman–Crippen LogP) is 1.91. The van der Waals surface area contributed by atoms with Crippen molar-refractivity contribution in [2.45, 2.75) is 32.1 Å². The molecular weight excluding hydrogens is 242 g/mol. The molecule has 19 heavy (non-hydrogen) atoms. The van der Waals surface area contributed by atoms with E-state index in [0.717, 1.165) is 32.4 Å². The van der Waals surface area contributed by atoms with Gasteiger partial charge in [-0.15, -0.1) is 0 Å². The van der Waals surface area contributed by atoms with E-state index in [0.29, 0.717) is 0 Å². The Morgan fingerprint density at radius 1 is 0.947 bits per heavy atom. The van der Waals surface area contributed by atoms with Crippen molar-refractivity contribution in [3.8, 4) is 0 Å². The normalized spacial score (nSPS) is 37.4. The highest BCUT2D eigenvalue weighted by atomic mass is 16.4. The Morgan fingerprint density at radius 3 is 2.11 bits per heavy atom. The summed E-state index contributed by atoms with van der Waals surface area (Å²) in [4.78, 5) is 26.1. The van der Waals surface area contributed by atoms with Crippen molar-refractivity contribution >= 4 is 11.9 Å². The Kier molecular flexibility index (Phi) is 3.33. The van der Waals surface area contributed by atoms with E-state index in [1.54, 1.807) is 0 Å². The second-order valence-corrected chi connectivity index (χ2v) is 6.08. The Labute approximate surface area is 113 Å². The van der Waals surface area contributed by atoms with Gasteiger partial charge in [0.25, 0.3) is 0 Å². The summed E-state index contributed by atoms with van der Waals surface area (Å²) in [6.45, 7) is 1.62. The fourth-order valence-electron chi connectivity index (χ4n) is 4.00. The van der Waals surface area contributed by atoms with Gasteiger partial charge < -0.3 is 10.0 Å². The SMILES string of the molecule is O=C(O)[C@@H]1[C@H](C(=O)N2CCCCCC2)[C@@H]2C=C[C@@H]1C2. The second-order valence-electron chi connectivity index (χ2n) is 6.08. The van der Waals surface area contributed by atoms with Crippen LogP contribution in [-0.4, -0.2) is 35.0 Å². The molecule has 0 radical (unpaired) electrons. The van der Waals surface area contributed by atoms with E-state index in [4.69, 9.17) is 0 Å². The fraction of sp³-hybridized carbons (Fsp3) is 0.733. The lowest BCUT2D eigenvalue weighted by molar-refractivity contribution is -0.151. The number of carboxylic acid groups (broad SMARTS) is 1. The van der Waals surface area contributed by atoms with E-state index >= 15 is 0 Å². The van der Waals surface area contributed by atoms with Gasteiger partial charge in [-0.1, -0.05) is 25.0 Å². The molecule has 1 saturated heterocycles. The molecule has 0 unspecified atom stereocenters. The minimum atomic E-state index is -0.801. The Balaban J connectivity index is 1.78. The number of aliphatic carboxylic acids is 1. The van der Waals surface area contributed by atoms with Crippen LogP contribution in [0.2, 0.25) is 0 Å². The molecule has 1 heterocycles. The first-order valence-corrected chi connectivity index (χ1v) is 7.38. The van der Waals surface area contributed by atoms with E-state index in [1.807, 2.05) is 11.0 Å². The largest absolute Gasteiger partial charge is 0.481 e. The Bertz CT molecular complexity index is 410. The highest BCUT2D eigenvalue weighted by Crippen LogP contribution is 2.48. The van der Waals surface area contributed by atoms with Crippen LogP contribution in [0.4, 0.5) is 0 Å². The van der Waals surface area contributed by atoms with Crippen molar-refractivity contribution < 1.29 is 14.7 Å². The van der Waals surface area contributed by atoms with Crippen LogP contribution in [0.1, 0.15) is 32.1 Å². The number of nitrogens with zero attached hydrogens (tertiary/aromatic N) is 1. The van der Waals surface area contributed by atoms with Crippen molar-refractivity contribution in [3.05, 3.63) is 12.2 Å². The summed E-state index contributed by atoms with van der Waals surface area (Å²) in [5.74, 6) is -1.29. The van der Waals surface area contributed by atoms with Gasteiger partial charge in [0.2, 0.25) is 5.91 Å². The molecule has 4 nitrogen and oxygen atoms in total. The zero-order valence-electron chi connectivity index (χ0n) is 11.1. The van der Waals surface area contributed by atoms with Crippen LogP contribution < -0.4 is 0 Å². The molecule has 4 atom stereocenters. The van der Waals surface area contributed by atoms with E-state index in [-0.39, 0.29) is 23.7 Å². The number of hydrogen-bond acceptors (Lipinski definition) is 2. The van der Waals surface area contributed by atoms with Gasteiger partial charge in [0, 0.05) is 13.1 Å². The Hall–Kier alpha value is -1.32. The molecule has 0 aromatic rings. The molecule has 2 bridgehead atoms. The lowest BCUT2D eigenvalue weighted by atomic mass is 9.82. The van der Waals surface area contributed by atoms with Crippen LogP contribution in [0.3, 0.4) is 0 Å². The Morgan fingerprint density at radius 2 is 1.53 bits per heavy atom. The van der Waals surface area contributed by atoms with Gasteiger partial charge in [-0.2, -0.15) is 0 Å². The first-order valence-electron chi connectivity index (χ1n) is 7.38. The van der Waals surface area contributed by atoms with Crippen LogP contribution in [0.5, 0.6) is 0 Å². The summed E-state index contributed by atoms with van der Waals surface area (Å²) in [7, 11) is 0. The van der Waals surface area contributed by atoms with E-state index in [9.17, 15) is 14.7 Å². The number of amides is 1. The third-order valence-electron chi connectivity index (χ3n) is 4.95. The van der Waals surface area contributed by atoms with Gasteiger partial charge in [-0.3, -0.25) is 9.59 Å². The molecule has 104 valence electrons. The number of carbonyl (C=O) groups is 2. The average Bonchev–Trinajstić information content (AvgIpc) is 2.89. The number of fused-ring (bicyclic) bond motifs is 2. The maximum Gasteiger partial charge on any atom is 0.307 e. The zero-order valence-corrected chi connectivity index (χ0v) is 11.1. The molecule has 0 aromatic heterocycles. The first-order chi connectivity index (χ1) is 9.18. The molecule has 0 spiro atoms. The van der Waals surface area contributed by atoms with Gasteiger partial charge in [-0.25, -0.2) is 0 Å². The molecule has 1 saturated carbocycles. The molecule has 0 aromatic carbocycles. The minimum absolute atomic E-state index is 0.0726. The van der Waals surface area contributed by atoms with Crippen molar-refractivity contribution in [1.82, 2.24) is 4.90 Å². The predicted molar refractivity (Wildman–Crippen MR) is 70.4 cm³/mol. The summed E-state index contributed by atoms with van der Waals surface area (Å²) in [5, 5.41) is 9.40. The fourth-order valence-corrected chi connectivity index (χ4v) is 4.00. The summed E-state index contributed by atoms with van der Waals surface area (Å²) < 4.78 is 0. The summed E-state index contributed by atoms with van der Waals surface area (Å²) >= 11 is 0. The van der Waals surface area contributed by atoms with Crippen molar-refractivity contribution in [2.24, 2.45) is 23.7 Å². The van der Waals surface area contributed by atoms with Crippen LogP contribution in [0.25, 0.3) is 0 Å². The molecule has 3 rings (SSSR count). The van der Waals surface area contributed by atoms with Crippen molar-refractivity contribution in [2.75, 3.05) is 13.1 Å². The van der Waals surface area contributed by atoms with Crippen molar-refractivity contribution in [1.29, 1.82) is 0 Å². The van der Waals surface area contributed by atoms with E-state index in [1.165, 1.54) is 12.8 Å². The van der Waals surface area contributed by atoms with Gasteiger partial charge >= 0.3 is 5.97 Å². The molecule has 2 fully saturated rings. The molecular formula is C15H21NO3. The second kappa shape index (κ2) is 4.99. The average molecular weight is 263 g/mol. The lowest BCUT2D eigenvalue weighted by Crippen LogP contribution is -2.43. The number of carbonyl (C=O) groups excluding carboxylic acids is 1. The zero-order chi connectivity index (χ0) is 13.4. The molecule has 1 aliphatic heterocycles. The topological polar surface area (TPSA) is 57.6 Å². The number of hydrogen-bond donors (Lipinski definition) is 1. The minimum Gasteiger partial charge on any atom is -0.481 e. The highest BCUT2D eigenvalue weighted by molar-refractivity contribution is 5.87. The molecule has 1 N–H and O–H groups in total. The van der Waals surface area contributed by atoms with Crippen molar-refractivity contribution in [3.63, 3.8) is 0 Å². The quantitative estimate of drug-likeness (QED) is 0.774. The van der Waals surface area contributed by atoms with Gasteiger partial charge in [0.15, 0.2) is 0 Å². The monoisotopic (exact) mass is 263 g/mol. The molecule has 2 aliphatic carbocycles. The van der Waals surface area contributed by atoms with E-state index in [2.05, 4.69) is 6.08 Å². The summed E-state index contributed by atoms with van der Waals surface area (Å²) in [6, 6.07) is 0. The van der Waals surface area contributed by atoms with Crippen LogP contribution in [0.15, 0.2) is 12.2 Å². The van der Waals surface area contributed by atoms with Crippen LogP contribution in [0, 0.1) is 23.7 Å². The highest BCUT2D eigenvalue weighted by Gasteiger charge is 2.52. The van der Waals surface area contributed by atoms with Gasteiger partial charge in [0.1, 0.15) is 0 Å². The van der Waals surface area contributed by atoms with E-state index < -0.39 is 11.9 Å². The smallest absolute Gasteiger partial charge is 0.307 e. The third kappa shape index (κ3) is 2.17. The standard InChI is InChI=1S/C15H21NO3/c17-14(16-7-3-1-2-4-8-16)12-10-5-6-11(9-10)13(12)15(18)19/h5-6,10-13H,1-4,7-9H2,(H,18,19)/t10-,11-,12-,13+/m1/s1. The summed E-state index contributed by atoms with van der Waals surface area (Å²) in [6.07, 6.45) is 9.38. The first kappa shape index (κ1) is 12.7. The number of carboxylic acids is 1. The molecule has 4 heteroatoms. The van der Waals surface area contributed by atoms with Gasteiger partial charge in [-0.05, 0) is 31.1 Å². The summed E-state index contributed by atoms with van der Waals surface area (Å²) in [5.41, 5.74) is 0. The van der Waals surface area contributed by atoms with Crippen LogP contribution in [-0.2, 0) is 9.59 Å².